The molecule has 0 heterocycles. The first-order valence-corrected chi connectivity index (χ1v) is 6.39. The van der Waals surface area contributed by atoms with Gasteiger partial charge in [-0.25, -0.2) is 0 Å². The van der Waals surface area contributed by atoms with Crippen molar-refractivity contribution >= 4 is 11.6 Å². The van der Waals surface area contributed by atoms with Crippen molar-refractivity contribution in [3.8, 4) is 0 Å². The zero-order valence-electron chi connectivity index (χ0n) is 11.2. The summed E-state index contributed by atoms with van der Waals surface area (Å²) >= 11 is 0. The van der Waals surface area contributed by atoms with Crippen LogP contribution in [0.25, 0.3) is 0 Å². The number of nitrogens with two attached hydrogens (primary N) is 1. The maximum Gasteiger partial charge on any atom is 0.220 e. The lowest BCUT2D eigenvalue weighted by atomic mass is 10.2. The molecule has 0 aliphatic heterocycles. The van der Waals surface area contributed by atoms with Crippen molar-refractivity contribution in [3.63, 3.8) is 0 Å². The molecule has 1 amide bonds. The fourth-order valence-electron chi connectivity index (χ4n) is 1.67. The van der Waals surface area contributed by atoms with Gasteiger partial charge in [-0.3, -0.25) is 4.79 Å². The first-order chi connectivity index (χ1) is 8.65. The molecule has 0 bridgehead atoms. The van der Waals surface area contributed by atoms with Gasteiger partial charge in [0.15, 0.2) is 0 Å². The molecule has 3 N–H and O–H groups in total. The smallest absolute Gasteiger partial charge is 0.220 e. The molecule has 100 valence electrons. The van der Waals surface area contributed by atoms with E-state index in [2.05, 4.69) is 29.3 Å². The molecule has 1 rings (SSSR count). The number of nitrogens with zero attached hydrogens (tertiary/aromatic N) is 1. The lowest BCUT2D eigenvalue weighted by molar-refractivity contribution is -0.121. The molecule has 0 saturated carbocycles. The highest BCUT2D eigenvalue weighted by Gasteiger charge is 2.10. The number of amides is 1. The van der Waals surface area contributed by atoms with Crippen molar-refractivity contribution in [1.29, 1.82) is 0 Å². The van der Waals surface area contributed by atoms with Crippen LogP contribution in [-0.4, -0.2) is 32.1 Å². The van der Waals surface area contributed by atoms with E-state index in [1.807, 2.05) is 25.2 Å². The molecule has 0 saturated heterocycles. The minimum absolute atomic E-state index is 0.0776. The molecule has 0 spiro atoms. The fourth-order valence-corrected chi connectivity index (χ4v) is 1.67. The van der Waals surface area contributed by atoms with Crippen molar-refractivity contribution in [2.45, 2.75) is 25.8 Å². The Bertz CT molecular complexity index is 353. The van der Waals surface area contributed by atoms with Crippen LogP contribution < -0.4 is 16.0 Å². The summed E-state index contributed by atoms with van der Waals surface area (Å²) in [6, 6.07) is 10.4. The quantitative estimate of drug-likeness (QED) is 0.767. The normalized spacial score (nSPS) is 11.9. The molecule has 0 fully saturated rings. The number of hydrogen-bond acceptors (Lipinski definition) is 3. The summed E-state index contributed by atoms with van der Waals surface area (Å²) in [5, 5.41) is 2.93. The van der Waals surface area contributed by atoms with E-state index in [1.165, 1.54) is 0 Å². The summed E-state index contributed by atoms with van der Waals surface area (Å²) in [5.41, 5.74) is 6.52. The Morgan fingerprint density at radius 2 is 2.06 bits per heavy atom. The monoisotopic (exact) mass is 249 g/mol. The van der Waals surface area contributed by atoms with Gasteiger partial charge in [0.25, 0.3) is 0 Å². The summed E-state index contributed by atoms with van der Waals surface area (Å²) < 4.78 is 0. The predicted octanol–water partition coefficient (Wildman–Crippen LogP) is 1.37. The van der Waals surface area contributed by atoms with E-state index in [0.717, 1.165) is 12.1 Å². The van der Waals surface area contributed by atoms with Gasteiger partial charge in [-0.1, -0.05) is 18.2 Å². The summed E-state index contributed by atoms with van der Waals surface area (Å²) in [6.07, 6.45) is 1.26. The number of likely N-dealkylation sites (N-methyl/N-ethyl adjacent to an activating group) is 1. The van der Waals surface area contributed by atoms with Crippen molar-refractivity contribution in [1.82, 2.24) is 5.32 Å². The van der Waals surface area contributed by atoms with Gasteiger partial charge in [-0.15, -0.1) is 0 Å². The van der Waals surface area contributed by atoms with Crippen LogP contribution in [0.2, 0.25) is 0 Å². The molecule has 4 nitrogen and oxygen atoms in total. The van der Waals surface area contributed by atoms with E-state index in [9.17, 15) is 4.79 Å². The van der Waals surface area contributed by atoms with Gasteiger partial charge in [0.2, 0.25) is 5.91 Å². The maximum atomic E-state index is 11.5. The zero-order chi connectivity index (χ0) is 13.4. The number of anilines is 1. The van der Waals surface area contributed by atoms with Crippen molar-refractivity contribution in [2.24, 2.45) is 5.73 Å². The van der Waals surface area contributed by atoms with Crippen LogP contribution in [0.1, 0.15) is 19.8 Å². The van der Waals surface area contributed by atoms with Gasteiger partial charge >= 0.3 is 0 Å². The van der Waals surface area contributed by atoms with E-state index in [-0.39, 0.29) is 11.9 Å². The summed E-state index contributed by atoms with van der Waals surface area (Å²) in [5.74, 6) is 0.0776. The second-order valence-corrected chi connectivity index (χ2v) is 4.49. The number of carbonyl (C=O) groups excluding carboxylic acids is 1. The standard InChI is InChI=1S/C14H23N3O/c1-12(11-16-14(18)9-6-10-15)17(2)13-7-4-3-5-8-13/h3-5,7-8,12H,6,9-11,15H2,1-2H3,(H,16,18). The molecular formula is C14H23N3O. The number of nitrogens with one attached hydrogen (secondary N) is 1. The Balaban J connectivity index is 2.36. The molecule has 0 radical (unpaired) electrons. The summed E-state index contributed by atoms with van der Waals surface area (Å²) in [4.78, 5) is 13.6. The lowest BCUT2D eigenvalue weighted by Crippen LogP contribution is -2.40. The van der Waals surface area contributed by atoms with Gasteiger partial charge in [-0.05, 0) is 32.0 Å². The van der Waals surface area contributed by atoms with Crippen LogP contribution in [-0.2, 0) is 4.79 Å². The van der Waals surface area contributed by atoms with Crippen LogP contribution in [0.3, 0.4) is 0 Å². The second-order valence-electron chi connectivity index (χ2n) is 4.49. The average Bonchev–Trinajstić information content (AvgIpc) is 2.42. The fraction of sp³-hybridized carbons (Fsp3) is 0.500. The summed E-state index contributed by atoms with van der Waals surface area (Å²) in [6.45, 7) is 3.30. The van der Waals surface area contributed by atoms with Gasteiger partial charge in [0.05, 0.1) is 0 Å². The zero-order valence-corrected chi connectivity index (χ0v) is 11.2. The number of hydrogen-bond donors (Lipinski definition) is 2. The molecule has 0 aromatic heterocycles. The Morgan fingerprint density at radius 3 is 2.67 bits per heavy atom. The van der Waals surface area contributed by atoms with E-state index < -0.39 is 0 Å². The van der Waals surface area contributed by atoms with Crippen LogP contribution >= 0.6 is 0 Å². The number of para-hydroxylation sites is 1. The molecule has 1 atom stereocenters. The first-order valence-electron chi connectivity index (χ1n) is 6.39. The Hall–Kier alpha value is -1.55. The van der Waals surface area contributed by atoms with Crippen molar-refractivity contribution in [2.75, 3.05) is 25.0 Å². The Kier molecular flexibility index (Phi) is 6.22. The number of carbonyl (C=O) groups is 1. The van der Waals surface area contributed by atoms with E-state index in [0.29, 0.717) is 19.5 Å². The molecule has 1 aromatic rings. The molecule has 18 heavy (non-hydrogen) atoms. The molecule has 1 unspecified atom stereocenters. The van der Waals surface area contributed by atoms with E-state index in [4.69, 9.17) is 5.73 Å². The predicted molar refractivity (Wildman–Crippen MR) is 75.6 cm³/mol. The first kappa shape index (κ1) is 14.5. The minimum atomic E-state index is 0.0776. The third-order valence-electron chi connectivity index (χ3n) is 3.03. The van der Waals surface area contributed by atoms with Gasteiger partial charge in [0, 0.05) is 31.7 Å². The summed E-state index contributed by atoms with van der Waals surface area (Å²) in [7, 11) is 2.03. The second kappa shape index (κ2) is 7.71. The molecule has 0 aliphatic rings. The number of rotatable bonds is 7. The number of benzene rings is 1. The van der Waals surface area contributed by atoms with Crippen molar-refractivity contribution < 1.29 is 4.79 Å². The van der Waals surface area contributed by atoms with Crippen LogP contribution in [0.4, 0.5) is 5.69 Å². The van der Waals surface area contributed by atoms with Gasteiger partial charge in [0.1, 0.15) is 0 Å². The van der Waals surface area contributed by atoms with Crippen LogP contribution in [0.15, 0.2) is 30.3 Å². The van der Waals surface area contributed by atoms with Gasteiger partial charge in [-0.2, -0.15) is 0 Å². The third-order valence-corrected chi connectivity index (χ3v) is 3.03. The molecule has 4 heteroatoms. The average molecular weight is 249 g/mol. The van der Waals surface area contributed by atoms with E-state index in [1.54, 1.807) is 0 Å². The van der Waals surface area contributed by atoms with Crippen LogP contribution in [0.5, 0.6) is 0 Å². The Morgan fingerprint density at radius 1 is 1.39 bits per heavy atom. The highest BCUT2D eigenvalue weighted by Crippen LogP contribution is 2.13. The highest BCUT2D eigenvalue weighted by molar-refractivity contribution is 5.75. The Labute approximate surface area is 109 Å². The maximum absolute atomic E-state index is 11.5. The third kappa shape index (κ3) is 4.75. The molecule has 1 aromatic carbocycles. The topological polar surface area (TPSA) is 58.4 Å². The highest BCUT2D eigenvalue weighted by atomic mass is 16.1. The SMILES string of the molecule is CC(CNC(=O)CCCN)N(C)c1ccccc1. The minimum Gasteiger partial charge on any atom is -0.370 e. The molecular weight excluding hydrogens is 226 g/mol. The largest absolute Gasteiger partial charge is 0.370 e. The van der Waals surface area contributed by atoms with E-state index >= 15 is 0 Å². The van der Waals surface area contributed by atoms with Crippen molar-refractivity contribution in [3.05, 3.63) is 30.3 Å². The van der Waals surface area contributed by atoms with Crippen LogP contribution in [0, 0.1) is 0 Å². The molecule has 0 aliphatic carbocycles. The van der Waals surface area contributed by atoms with Gasteiger partial charge < -0.3 is 16.0 Å². The lowest BCUT2D eigenvalue weighted by Gasteiger charge is -2.27.